The van der Waals surface area contributed by atoms with Crippen LogP contribution in [0.3, 0.4) is 0 Å². The number of hydrogen-bond acceptors (Lipinski definition) is 2. The predicted octanol–water partition coefficient (Wildman–Crippen LogP) is 2.27. The van der Waals surface area contributed by atoms with Crippen molar-refractivity contribution in [2.75, 3.05) is 6.61 Å². The number of allylic oxidation sites excluding steroid dienone is 5. The van der Waals surface area contributed by atoms with Crippen LogP contribution in [0.15, 0.2) is 34.8 Å². The monoisotopic (exact) mass is 204 g/mol. The fourth-order valence-corrected chi connectivity index (χ4v) is 2.02. The van der Waals surface area contributed by atoms with Gasteiger partial charge in [-0.1, -0.05) is 37.6 Å². The van der Waals surface area contributed by atoms with Gasteiger partial charge in [0.1, 0.15) is 0 Å². The van der Waals surface area contributed by atoms with Crippen LogP contribution in [0, 0.1) is 5.92 Å². The molecule has 0 aromatic rings. The molecule has 1 saturated heterocycles. The molecule has 1 fully saturated rings. The van der Waals surface area contributed by atoms with E-state index in [1.54, 1.807) is 0 Å². The van der Waals surface area contributed by atoms with Gasteiger partial charge in [0.05, 0.1) is 0 Å². The Morgan fingerprint density at radius 1 is 1.40 bits per heavy atom. The molecule has 1 aliphatic carbocycles. The van der Waals surface area contributed by atoms with Crippen LogP contribution in [-0.4, -0.2) is 18.7 Å². The lowest BCUT2D eigenvalue weighted by Gasteiger charge is -2.20. The van der Waals surface area contributed by atoms with E-state index in [0.29, 0.717) is 12.5 Å². The first-order chi connectivity index (χ1) is 7.18. The third kappa shape index (κ3) is 2.24. The molecule has 0 amide bonds. The first-order valence-electron chi connectivity index (χ1n) is 5.58. The van der Waals surface area contributed by atoms with Gasteiger partial charge in [0.2, 0.25) is 0 Å². The molecule has 1 N–H and O–H groups in total. The summed E-state index contributed by atoms with van der Waals surface area (Å²) < 4.78 is 5.22. The van der Waals surface area contributed by atoms with Gasteiger partial charge >= 0.3 is 7.12 Å². The molecule has 2 nitrogen and oxygen atoms in total. The minimum absolute atomic E-state index is 0.567. The van der Waals surface area contributed by atoms with Crippen LogP contribution in [0.5, 0.6) is 0 Å². The number of rotatable bonds is 1. The quantitative estimate of drug-likeness (QED) is 0.664. The minimum atomic E-state index is -0.729. The average Bonchev–Trinajstić information content (AvgIpc) is 2.41. The third-order valence-corrected chi connectivity index (χ3v) is 3.09. The lowest BCUT2D eigenvalue weighted by Crippen LogP contribution is -2.28. The Morgan fingerprint density at radius 3 is 2.93 bits per heavy atom. The van der Waals surface area contributed by atoms with Crippen LogP contribution in [0.25, 0.3) is 0 Å². The van der Waals surface area contributed by atoms with Crippen molar-refractivity contribution >= 4 is 7.12 Å². The Balaban J connectivity index is 2.28. The van der Waals surface area contributed by atoms with Crippen LogP contribution >= 0.6 is 0 Å². The van der Waals surface area contributed by atoms with E-state index in [1.165, 1.54) is 11.1 Å². The highest BCUT2D eigenvalue weighted by molar-refractivity contribution is 6.54. The molecule has 2 rings (SSSR count). The van der Waals surface area contributed by atoms with E-state index >= 15 is 0 Å². The molecule has 2 aliphatic rings. The highest BCUT2D eigenvalue weighted by Gasteiger charge is 2.27. The van der Waals surface area contributed by atoms with E-state index in [0.717, 1.165) is 18.3 Å². The summed E-state index contributed by atoms with van der Waals surface area (Å²) >= 11 is 0. The van der Waals surface area contributed by atoms with Gasteiger partial charge in [-0.3, -0.25) is 0 Å². The van der Waals surface area contributed by atoms with Crippen molar-refractivity contribution in [2.45, 2.75) is 26.7 Å². The Hall–Kier alpha value is -0.795. The predicted molar refractivity (Wildman–Crippen MR) is 62.2 cm³/mol. The SMILES string of the molecule is CC(C)C1=CC=C2B(O)OCCC2=CC1. The Bertz CT molecular complexity index is 340. The van der Waals surface area contributed by atoms with Gasteiger partial charge < -0.3 is 9.68 Å². The molecule has 0 saturated carbocycles. The fourth-order valence-electron chi connectivity index (χ4n) is 2.02. The fraction of sp³-hybridized carbons (Fsp3) is 0.500. The number of fused-ring (bicyclic) bond motifs is 1. The van der Waals surface area contributed by atoms with Gasteiger partial charge in [0.15, 0.2) is 0 Å². The third-order valence-electron chi connectivity index (χ3n) is 3.09. The summed E-state index contributed by atoms with van der Waals surface area (Å²) in [5.41, 5.74) is 3.61. The van der Waals surface area contributed by atoms with Gasteiger partial charge in [-0.15, -0.1) is 0 Å². The lowest BCUT2D eigenvalue weighted by molar-refractivity contribution is 0.259. The van der Waals surface area contributed by atoms with Gasteiger partial charge in [-0.25, -0.2) is 0 Å². The first kappa shape index (κ1) is 10.7. The molecule has 0 aromatic carbocycles. The van der Waals surface area contributed by atoms with Crippen molar-refractivity contribution in [1.29, 1.82) is 0 Å². The molecule has 0 spiro atoms. The van der Waals surface area contributed by atoms with E-state index in [4.69, 9.17) is 4.65 Å². The van der Waals surface area contributed by atoms with Gasteiger partial charge in [-0.2, -0.15) is 0 Å². The molecule has 1 heterocycles. The molecular formula is C12H17BO2. The lowest BCUT2D eigenvalue weighted by atomic mass is 9.71. The smallest absolute Gasteiger partial charge is 0.423 e. The summed E-state index contributed by atoms with van der Waals surface area (Å²) in [5.74, 6) is 0.567. The summed E-state index contributed by atoms with van der Waals surface area (Å²) in [6, 6.07) is 0. The van der Waals surface area contributed by atoms with Crippen molar-refractivity contribution < 1.29 is 9.68 Å². The van der Waals surface area contributed by atoms with E-state index in [9.17, 15) is 5.02 Å². The largest absolute Gasteiger partial charge is 0.491 e. The topological polar surface area (TPSA) is 29.5 Å². The molecule has 0 aromatic heterocycles. The zero-order chi connectivity index (χ0) is 10.8. The standard InChI is InChI=1S/C12H17BO2/c1-9(2)10-3-4-11-7-8-15-13(14)12(11)6-5-10/h4-6,9,14H,3,7-8H2,1-2H3. The van der Waals surface area contributed by atoms with E-state index in [-0.39, 0.29) is 0 Å². The molecule has 80 valence electrons. The maximum atomic E-state index is 9.69. The Labute approximate surface area is 91.5 Å². The van der Waals surface area contributed by atoms with E-state index in [1.807, 2.05) is 6.08 Å². The first-order valence-corrected chi connectivity index (χ1v) is 5.58. The molecule has 15 heavy (non-hydrogen) atoms. The molecular weight excluding hydrogens is 187 g/mol. The summed E-state index contributed by atoms with van der Waals surface area (Å²) in [7, 11) is -0.729. The van der Waals surface area contributed by atoms with Crippen LogP contribution in [0.2, 0.25) is 0 Å². The van der Waals surface area contributed by atoms with E-state index < -0.39 is 7.12 Å². The molecule has 0 unspecified atom stereocenters. The number of hydrogen-bond donors (Lipinski definition) is 1. The van der Waals surface area contributed by atoms with Crippen molar-refractivity contribution in [2.24, 2.45) is 5.92 Å². The van der Waals surface area contributed by atoms with E-state index in [2.05, 4.69) is 26.0 Å². The van der Waals surface area contributed by atoms with Crippen LogP contribution in [-0.2, 0) is 4.65 Å². The maximum Gasteiger partial charge on any atom is 0.491 e. The second-order valence-corrected chi connectivity index (χ2v) is 4.42. The summed E-state index contributed by atoms with van der Waals surface area (Å²) in [6.07, 6.45) is 8.29. The molecule has 0 bridgehead atoms. The Kier molecular flexibility index (Phi) is 3.12. The van der Waals surface area contributed by atoms with Crippen LogP contribution in [0.1, 0.15) is 26.7 Å². The van der Waals surface area contributed by atoms with Crippen molar-refractivity contribution in [3.63, 3.8) is 0 Å². The zero-order valence-electron chi connectivity index (χ0n) is 9.36. The normalized spacial score (nSPS) is 21.6. The van der Waals surface area contributed by atoms with Crippen molar-refractivity contribution in [1.82, 2.24) is 0 Å². The summed E-state index contributed by atoms with van der Waals surface area (Å²) in [4.78, 5) is 0. The highest BCUT2D eigenvalue weighted by atomic mass is 16.5. The van der Waals surface area contributed by atoms with Gasteiger partial charge in [0, 0.05) is 6.61 Å². The molecule has 0 radical (unpaired) electrons. The highest BCUT2D eigenvalue weighted by Crippen LogP contribution is 2.28. The molecule has 3 heteroatoms. The summed E-state index contributed by atoms with van der Waals surface area (Å²) in [6.45, 7) is 5.02. The van der Waals surface area contributed by atoms with Crippen LogP contribution < -0.4 is 0 Å². The minimum Gasteiger partial charge on any atom is -0.423 e. The average molecular weight is 204 g/mol. The molecule has 1 aliphatic heterocycles. The maximum absolute atomic E-state index is 9.69. The van der Waals surface area contributed by atoms with Crippen molar-refractivity contribution in [3.8, 4) is 0 Å². The van der Waals surface area contributed by atoms with Gasteiger partial charge in [0.25, 0.3) is 0 Å². The second kappa shape index (κ2) is 4.37. The Morgan fingerprint density at radius 2 is 2.20 bits per heavy atom. The summed E-state index contributed by atoms with van der Waals surface area (Å²) in [5, 5.41) is 9.69. The zero-order valence-corrected chi connectivity index (χ0v) is 9.36. The van der Waals surface area contributed by atoms with Crippen molar-refractivity contribution in [3.05, 3.63) is 34.8 Å². The molecule has 0 atom stereocenters. The van der Waals surface area contributed by atoms with Gasteiger partial charge in [-0.05, 0) is 29.8 Å². The van der Waals surface area contributed by atoms with Crippen LogP contribution in [0.4, 0.5) is 0 Å². The second-order valence-electron chi connectivity index (χ2n) is 4.42.